The first-order valence-electron chi connectivity index (χ1n) is 6.73. The number of carbonyl (C=O) groups is 1. The maximum Gasteiger partial charge on any atom is 0.224 e. The summed E-state index contributed by atoms with van der Waals surface area (Å²) in [7, 11) is 1.56. The van der Waals surface area contributed by atoms with Crippen molar-refractivity contribution in [2.24, 2.45) is 0 Å². The highest BCUT2D eigenvalue weighted by atomic mass is 16.5. The topological polar surface area (TPSA) is 96.6 Å². The van der Waals surface area contributed by atoms with Crippen molar-refractivity contribution < 1.29 is 14.6 Å². The van der Waals surface area contributed by atoms with Gasteiger partial charge in [-0.3, -0.25) is 4.79 Å². The van der Waals surface area contributed by atoms with Gasteiger partial charge >= 0.3 is 0 Å². The number of aryl methyl sites for hydroxylation is 1. The smallest absolute Gasteiger partial charge is 0.224 e. The number of nitrogens with two attached hydrogens (primary N) is 1. The molecule has 0 spiro atoms. The lowest BCUT2D eigenvalue weighted by atomic mass is 10.0. The molecule has 1 aliphatic heterocycles. The summed E-state index contributed by atoms with van der Waals surface area (Å²) in [6, 6.07) is 3.74. The van der Waals surface area contributed by atoms with Crippen molar-refractivity contribution >= 4 is 23.0 Å². The summed E-state index contributed by atoms with van der Waals surface area (Å²) in [6.45, 7) is 0.938. The molecule has 1 aromatic rings. The third-order valence-corrected chi connectivity index (χ3v) is 3.32. The van der Waals surface area contributed by atoms with Gasteiger partial charge in [0.1, 0.15) is 0 Å². The van der Waals surface area contributed by atoms with Crippen LogP contribution in [-0.4, -0.2) is 37.4 Å². The Morgan fingerprint density at radius 1 is 1.50 bits per heavy atom. The van der Waals surface area contributed by atoms with Crippen molar-refractivity contribution in [2.45, 2.75) is 25.4 Å². The number of ether oxygens (including phenoxy) is 1. The third kappa shape index (κ3) is 3.61. The fourth-order valence-corrected chi connectivity index (χ4v) is 2.25. The van der Waals surface area contributed by atoms with Crippen LogP contribution in [-0.2, 0) is 16.0 Å². The van der Waals surface area contributed by atoms with Crippen molar-refractivity contribution in [1.29, 1.82) is 0 Å². The summed E-state index contributed by atoms with van der Waals surface area (Å²) < 4.78 is 4.87. The molecule has 1 amide bonds. The van der Waals surface area contributed by atoms with Gasteiger partial charge in [-0.15, -0.1) is 0 Å². The zero-order chi connectivity index (χ0) is 14.5. The highest BCUT2D eigenvalue weighted by Crippen LogP contribution is 2.30. The molecule has 20 heavy (non-hydrogen) atoms. The largest absolute Gasteiger partial charge is 0.397 e. The average Bonchev–Trinajstić information content (AvgIpc) is 2.40. The van der Waals surface area contributed by atoms with Crippen molar-refractivity contribution in [1.82, 2.24) is 0 Å². The minimum absolute atomic E-state index is 0.0281. The molecular weight excluding hydrogens is 258 g/mol. The number of methoxy groups -OCH3 is 1. The van der Waals surface area contributed by atoms with Gasteiger partial charge in [0.15, 0.2) is 0 Å². The summed E-state index contributed by atoms with van der Waals surface area (Å²) in [5.74, 6) is 0.0281. The maximum atomic E-state index is 11.3. The van der Waals surface area contributed by atoms with E-state index in [1.54, 1.807) is 13.2 Å². The molecular formula is C14H21N3O3. The SMILES string of the molecule is COCC(O)CCNc1cc2c(cc1N)NC(=O)CC2. The van der Waals surface area contributed by atoms with E-state index in [1.807, 2.05) is 6.07 Å². The maximum absolute atomic E-state index is 11.3. The molecule has 0 saturated heterocycles. The summed E-state index contributed by atoms with van der Waals surface area (Å²) in [5.41, 5.74) is 9.27. The van der Waals surface area contributed by atoms with E-state index >= 15 is 0 Å². The zero-order valence-corrected chi connectivity index (χ0v) is 11.6. The van der Waals surface area contributed by atoms with Crippen molar-refractivity contribution in [3.63, 3.8) is 0 Å². The second-order valence-electron chi connectivity index (χ2n) is 4.97. The number of benzene rings is 1. The predicted molar refractivity (Wildman–Crippen MR) is 78.8 cm³/mol. The Kier molecular flexibility index (Phi) is 4.81. The Morgan fingerprint density at radius 2 is 2.30 bits per heavy atom. The predicted octanol–water partition coefficient (Wildman–Crippen LogP) is 0.963. The lowest BCUT2D eigenvalue weighted by Crippen LogP contribution is -2.20. The standard InChI is InChI=1S/C14H21N3O3/c1-20-8-10(18)4-5-16-13-6-9-2-3-14(19)17-12(9)7-11(13)15/h6-7,10,16,18H,2-5,8,15H2,1H3,(H,17,19). The summed E-state index contributed by atoms with van der Waals surface area (Å²) >= 11 is 0. The van der Waals surface area contributed by atoms with Gasteiger partial charge in [-0.05, 0) is 30.5 Å². The summed E-state index contributed by atoms with van der Waals surface area (Å²) in [5, 5.41) is 15.6. The fraction of sp³-hybridized carbons (Fsp3) is 0.500. The Balaban J connectivity index is 1.97. The molecule has 1 unspecified atom stereocenters. The molecule has 0 bridgehead atoms. The molecule has 1 aromatic carbocycles. The number of aliphatic hydroxyl groups excluding tert-OH is 1. The second-order valence-corrected chi connectivity index (χ2v) is 4.97. The van der Waals surface area contributed by atoms with Crippen molar-refractivity contribution in [3.8, 4) is 0 Å². The number of rotatable bonds is 6. The Bertz CT molecular complexity index is 491. The van der Waals surface area contributed by atoms with Gasteiger partial charge in [0, 0.05) is 25.8 Å². The van der Waals surface area contributed by atoms with Gasteiger partial charge in [0.05, 0.1) is 24.1 Å². The van der Waals surface area contributed by atoms with E-state index in [4.69, 9.17) is 10.5 Å². The summed E-state index contributed by atoms with van der Waals surface area (Å²) in [6.07, 6.45) is 1.33. The van der Waals surface area contributed by atoms with Crippen LogP contribution in [0, 0.1) is 0 Å². The van der Waals surface area contributed by atoms with Gasteiger partial charge in [-0.1, -0.05) is 0 Å². The normalized spacial score (nSPS) is 15.4. The minimum Gasteiger partial charge on any atom is -0.397 e. The molecule has 0 saturated carbocycles. The number of hydrogen-bond acceptors (Lipinski definition) is 5. The molecule has 6 nitrogen and oxygen atoms in total. The van der Waals surface area contributed by atoms with E-state index in [0.29, 0.717) is 31.7 Å². The highest BCUT2D eigenvalue weighted by molar-refractivity contribution is 5.95. The molecule has 0 aromatic heterocycles. The lowest BCUT2D eigenvalue weighted by molar-refractivity contribution is -0.116. The van der Waals surface area contributed by atoms with Crippen LogP contribution in [0.2, 0.25) is 0 Å². The first-order valence-corrected chi connectivity index (χ1v) is 6.73. The molecule has 6 heteroatoms. The monoisotopic (exact) mass is 279 g/mol. The number of aliphatic hydroxyl groups is 1. The third-order valence-electron chi connectivity index (χ3n) is 3.32. The second kappa shape index (κ2) is 6.58. The Morgan fingerprint density at radius 3 is 3.05 bits per heavy atom. The van der Waals surface area contributed by atoms with Gasteiger partial charge < -0.3 is 26.2 Å². The molecule has 110 valence electrons. The Labute approximate surface area is 118 Å². The molecule has 1 aliphatic rings. The van der Waals surface area contributed by atoms with Gasteiger partial charge in [0.2, 0.25) is 5.91 Å². The molecule has 0 aliphatic carbocycles. The number of amides is 1. The van der Waals surface area contributed by atoms with Crippen LogP contribution in [0.3, 0.4) is 0 Å². The van der Waals surface area contributed by atoms with E-state index in [2.05, 4.69) is 10.6 Å². The molecule has 2 rings (SSSR count). The van der Waals surface area contributed by atoms with Crippen molar-refractivity contribution in [2.75, 3.05) is 36.6 Å². The van der Waals surface area contributed by atoms with E-state index < -0.39 is 6.10 Å². The van der Waals surface area contributed by atoms with Crippen molar-refractivity contribution in [3.05, 3.63) is 17.7 Å². The first-order chi connectivity index (χ1) is 9.60. The molecule has 0 fully saturated rings. The van der Waals surface area contributed by atoms with E-state index in [-0.39, 0.29) is 5.91 Å². The minimum atomic E-state index is -0.481. The van der Waals surface area contributed by atoms with Crippen LogP contribution < -0.4 is 16.4 Å². The van der Waals surface area contributed by atoms with Gasteiger partial charge in [0.25, 0.3) is 0 Å². The average molecular weight is 279 g/mol. The van der Waals surface area contributed by atoms with Crippen LogP contribution in [0.4, 0.5) is 17.1 Å². The van der Waals surface area contributed by atoms with Crippen LogP contribution in [0.25, 0.3) is 0 Å². The molecule has 5 N–H and O–H groups in total. The van der Waals surface area contributed by atoms with Crippen LogP contribution >= 0.6 is 0 Å². The quantitative estimate of drug-likeness (QED) is 0.582. The van der Waals surface area contributed by atoms with E-state index in [0.717, 1.165) is 23.4 Å². The van der Waals surface area contributed by atoms with E-state index in [9.17, 15) is 9.90 Å². The first kappa shape index (κ1) is 14.6. The van der Waals surface area contributed by atoms with Gasteiger partial charge in [-0.25, -0.2) is 0 Å². The molecule has 1 atom stereocenters. The molecule has 1 heterocycles. The number of nitrogen functional groups attached to an aromatic ring is 1. The number of nitrogens with one attached hydrogen (secondary N) is 2. The highest BCUT2D eigenvalue weighted by Gasteiger charge is 2.16. The van der Waals surface area contributed by atoms with E-state index in [1.165, 1.54) is 0 Å². The number of anilines is 3. The Hall–Kier alpha value is -1.79. The van der Waals surface area contributed by atoms with Crippen LogP contribution in [0.15, 0.2) is 12.1 Å². The van der Waals surface area contributed by atoms with Gasteiger partial charge in [-0.2, -0.15) is 0 Å². The lowest BCUT2D eigenvalue weighted by Gasteiger charge is -2.20. The molecule has 0 radical (unpaired) electrons. The zero-order valence-electron chi connectivity index (χ0n) is 11.6. The fourth-order valence-electron chi connectivity index (χ4n) is 2.25. The van der Waals surface area contributed by atoms with Crippen LogP contribution in [0.1, 0.15) is 18.4 Å². The number of fused-ring (bicyclic) bond motifs is 1. The number of hydrogen-bond donors (Lipinski definition) is 4. The number of carbonyl (C=O) groups excluding carboxylic acids is 1. The summed E-state index contributed by atoms with van der Waals surface area (Å²) in [4.78, 5) is 11.3. The van der Waals surface area contributed by atoms with Crippen LogP contribution in [0.5, 0.6) is 0 Å².